The molecule has 11 heteroatoms. The fraction of sp³-hybridized carbons (Fsp3) is 1.00. The number of hydrogen-bond acceptors (Lipinski definition) is 10. The molecule has 3 aliphatic rings. The molecule has 3 rings (SSSR count). The molecular weight excluding hydrogens is 393 g/mol. The van der Waals surface area contributed by atoms with Crippen molar-refractivity contribution in [1.82, 2.24) is 5.06 Å². The van der Waals surface area contributed by atoms with Crippen LogP contribution in [0.4, 0.5) is 0 Å². The minimum atomic E-state index is -3.52. The average Bonchev–Trinajstić information content (AvgIpc) is 3.17. The van der Waals surface area contributed by atoms with Gasteiger partial charge in [-0.15, -0.1) is 5.06 Å². The Kier molecular flexibility index (Phi) is 6.59. The van der Waals surface area contributed by atoms with Crippen LogP contribution in [-0.2, 0) is 37.3 Å². The predicted octanol–water partition coefficient (Wildman–Crippen LogP) is 2.30. The summed E-state index contributed by atoms with van der Waals surface area (Å²) in [4.78, 5) is 0. The number of fused-ring (bicyclic) bond motifs is 1. The fourth-order valence-electron chi connectivity index (χ4n) is 3.79. The number of rotatable bonds is 8. The highest BCUT2D eigenvalue weighted by atomic mass is 31.2. The van der Waals surface area contributed by atoms with E-state index in [4.69, 9.17) is 32.7 Å². The van der Waals surface area contributed by atoms with Gasteiger partial charge in [-0.2, -0.15) is 0 Å². The van der Waals surface area contributed by atoms with E-state index >= 15 is 0 Å². The molecule has 0 aromatic carbocycles. The highest BCUT2D eigenvalue weighted by Crippen LogP contribution is 2.50. The zero-order valence-electron chi connectivity index (χ0n) is 17.3. The Hall–Kier alpha value is -0.130. The first-order valence-electron chi connectivity index (χ1n) is 9.66. The minimum absolute atomic E-state index is 0.195. The Balaban J connectivity index is 1.76. The summed E-state index contributed by atoms with van der Waals surface area (Å²) < 4.78 is 52.9. The van der Waals surface area contributed by atoms with E-state index in [2.05, 4.69) is 0 Å². The van der Waals surface area contributed by atoms with E-state index in [1.54, 1.807) is 27.7 Å². The summed E-state index contributed by atoms with van der Waals surface area (Å²) in [6.45, 7) is 11.4. The Morgan fingerprint density at radius 1 is 1.00 bits per heavy atom. The molecule has 3 fully saturated rings. The van der Waals surface area contributed by atoms with E-state index in [-0.39, 0.29) is 25.6 Å². The lowest BCUT2D eigenvalue weighted by Crippen LogP contribution is -2.43. The summed E-state index contributed by atoms with van der Waals surface area (Å²) in [5.41, 5.74) is 0. The molecule has 0 bridgehead atoms. The predicted molar refractivity (Wildman–Crippen MR) is 96.7 cm³/mol. The van der Waals surface area contributed by atoms with Crippen molar-refractivity contribution in [3.05, 3.63) is 0 Å². The van der Waals surface area contributed by atoms with Gasteiger partial charge in [-0.25, -0.2) is 0 Å². The normalized spacial score (nSPS) is 36.9. The molecule has 28 heavy (non-hydrogen) atoms. The molecule has 0 aromatic rings. The third-order valence-electron chi connectivity index (χ3n) is 4.73. The van der Waals surface area contributed by atoms with Gasteiger partial charge in [0.05, 0.1) is 19.8 Å². The van der Waals surface area contributed by atoms with Gasteiger partial charge in [-0.3, -0.25) is 4.57 Å². The molecule has 0 spiro atoms. The second-order valence-electron chi connectivity index (χ2n) is 7.95. The van der Waals surface area contributed by atoms with Crippen LogP contribution in [0.1, 0.15) is 41.5 Å². The van der Waals surface area contributed by atoms with Gasteiger partial charge in [-0.05, 0) is 41.5 Å². The van der Waals surface area contributed by atoms with E-state index in [9.17, 15) is 9.77 Å². The van der Waals surface area contributed by atoms with Crippen LogP contribution in [0, 0.1) is 0 Å². The zero-order chi connectivity index (χ0) is 20.7. The van der Waals surface area contributed by atoms with Crippen molar-refractivity contribution in [2.24, 2.45) is 0 Å². The zero-order valence-corrected chi connectivity index (χ0v) is 18.2. The lowest BCUT2D eigenvalue weighted by atomic mass is 10.1. The molecule has 3 heterocycles. The molecule has 0 amide bonds. The second kappa shape index (κ2) is 8.19. The first-order valence-corrected chi connectivity index (χ1v) is 11.4. The Morgan fingerprint density at radius 3 is 2.14 bits per heavy atom. The fourth-order valence-corrected chi connectivity index (χ4v) is 5.33. The molecule has 10 nitrogen and oxygen atoms in total. The van der Waals surface area contributed by atoms with Gasteiger partial charge in [0.15, 0.2) is 17.8 Å². The number of nitrogens with zero attached hydrogens (tertiary/aromatic N) is 1. The third-order valence-corrected chi connectivity index (χ3v) is 6.66. The number of hydroxylamine groups is 2. The summed E-state index contributed by atoms with van der Waals surface area (Å²) >= 11 is 0. The molecule has 3 saturated heterocycles. The van der Waals surface area contributed by atoms with Crippen LogP contribution in [0.25, 0.3) is 0 Å². The van der Waals surface area contributed by atoms with E-state index < -0.39 is 43.7 Å². The van der Waals surface area contributed by atoms with Gasteiger partial charge in [0, 0.05) is 0 Å². The second-order valence-corrected chi connectivity index (χ2v) is 9.97. The van der Waals surface area contributed by atoms with Crippen LogP contribution in [0.3, 0.4) is 0 Å². The van der Waals surface area contributed by atoms with Crippen molar-refractivity contribution in [2.75, 3.05) is 26.1 Å². The first-order chi connectivity index (χ1) is 13.0. The number of hydrogen-bond donors (Lipinski definition) is 1. The maximum atomic E-state index is 12.8. The molecule has 0 unspecified atom stereocenters. The van der Waals surface area contributed by atoms with E-state index in [0.717, 1.165) is 5.06 Å². The summed E-state index contributed by atoms with van der Waals surface area (Å²) in [5.74, 6) is -1.58. The first kappa shape index (κ1) is 22.6. The summed E-state index contributed by atoms with van der Waals surface area (Å²) in [5, 5.41) is 11.5. The molecule has 1 N–H and O–H groups in total. The van der Waals surface area contributed by atoms with Crippen molar-refractivity contribution in [1.29, 1.82) is 0 Å². The van der Waals surface area contributed by atoms with Crippen molar-refractivity contribution in [3.63, 3.8) is 0 Å². The molecular formula is C17H32NO9P. The summed E-state index contributed by atoms with van der Waals surface area (Å²) in [6.07, 6.45) is -3.26. The quantitative estimate of drug-likeness (QED) is 0.460. The third kappa shape index (κ3) is 4.78. The van der Waals surface area contributed by atoms with E-state index in [0.29, 0.717) is 6.61 Å². The van der Waals surface area contributed by atoms with Crippen molar-refractivity contribution in [3.8, 4) is 0 Å². The summed E-state index contributed by atoms with van der Waals surface area (Å²) in [6, 6.07) is 0. The van der Waals surface area contributed by atoms with Gasteiger partial charge < -0.3 is 37.9 Å². The van der Waals surface area contributed by atoms with E-state index in [1.165, 1.54) is 0 Å². The van der Waals surface area contributed by atoms with Gasteiger partial charge in [0.25, 0.3) is 0 Å². The van der Waals surface area contributed by atoms with Gasteiger partial charge in [-0.1, -0.05) is 0 Å². The lowest BCUT2D eigenvalue weighted by Gasteiger charge is -2.30. The highest BCUT2D eigenvalue weighted by Gasteiger charge is 2.60. The molecule has 0 saturated carbocycles. The van der Waals surface area contributed by atoms with Crippen molar-refractivity contribution < 1.29 is 42.5 Å². The van der Waals surface area contributed by atoms with E-state index in [1.807, 2.05) is 13.8 Å². The van der Waals surface area contributed by atoms with Gasteiger partial charge >= 0.3 is 7.60 Å². The van der Waals surface area contributed by atoms with Crippen LogP contribution in [0.15, 0.2) is 0 Å². The Labute approximate surface area is 165 Å². The molecule has 0 radical (unpaired) electrons. The maximum Gasteiger partial charge on any atom is 0.347 e. The standard InChI is InChI=1S/C17H32NO9P/c1-7-22-28(20,23-8-2)10-18(19)15-14-13(26-17(5,6)27-14)12(24-15)11-9-21-16(3,4)25-11/h11-15,19H,7-10H2,1-6H3/t11-,12-,13+,14+,15+/m1/s1. The highest BCUT2D eigenvalue weighted by molar-refractivity contribution is 7.53. The monoisotopic (exact) mass is 425 g/mol. The summed E-state index contributed by atoms with van der Waals surface area (Å²) in [7, 11) is -3.52. The Morgan fingerprint density at radius 2 is 1.61 bits per heavy atom. The largest absolute Gasteiger partial charge is 0.349 e. The topological polar surface area (TPSA) is 105 Å². The van der Waals surface area contributed by atoms with Crippen LogP contribution < -0.4 is 0 Å². The average molecular weight is 425 g/mol. The molecule has 0 aromatic heterocycles. The minimum Gasteiger partial charge on any atom is -0.349 e. The lowest BCUT2D eigenvalue weighted by molar-refractivity contribution is -0.266. The van der Waals surface area contributed by atoms with Gasteiger partial charge in [0.1, 0.15) is 30.7 Å². The van der Waals surface area contributed by atoms with Crippen LogP contribution in [0.5, 0.6) is 0 Å². The smallest absolute Gasteiger partial charge is 0.347 e. The van der Waals surface area contributed by atoms with Crippen LogP contribution >= 0.6 is 7.60 Å². The van der Waals surface area contributed by atoms with Crippen LogP contribution in [0.2, 0.25) is 0 Å². The maximum absolute atomic E-state index is 12.8. The molecule has 0 aliphatic carbocycles. The van der Waals surface area contributed by atoms with Gasteiger partial charge in [0.2, 0.25) is 0 Å². The molecule has 5 atom stereocenters. The van der Waals surface area contributed by atoms with Crippen LogP contribution in [-0.4, -0.2) is 78.6 Å². The molecule has 3 aliphatic heterocycles. The Bertz CT molecular complexity index is 591. The van der Waals surface area contributed by atoms with Crippen molar-refractivity contribution >= 4 is 7.60 Å². The SMILES string of the molecule is CCOP(=O)(CN(O)[C@H]1O[C@H]([C@H]2COC(C)(C)O2)[C@@H]2OC(C)(C)O[C@@H]21)OCC. The number of ether oxygens (including phenoxy) is 5. The van der Waals surface area contributed by atoms with Crippen molar-refractivity contribution in [2.45, 2.75) is 83.8 Å². The molecule has 164 valence electrons.